The van der Waals surface area contributed by atoms with Crippen LogP contribution in [0.3, 0.4) is 0 Å². The Balaban J connectivity index is 3.11. The summed E-state index contributed by atoms with van der Waals surface area (Å²) in [4.78, 5) is 11.1. The molecular formula is C14H21NO4S2. The van der Waals surface area contributed by atoms with E-state index >= 15 is 0 Å². The second-order valence-corrected chi connectivity index (χ2v) is 7.66. The van der Waals surface area contributed by atoms with Gasteiger partial charge in [0.1, 0.15) is 0 Å². The lowest BCUT2D eigenvalue weighted by molar-refractivity contribution is 0.0696. The minimum atomic E-state index is -3.72. The van der Waals surface area contributed by atoms with Crippen LogP contribution >= 0.6 is 11.8 Å². The summed E-state index contributed by atoms with van der Waals surface area (Å²) in [5.41, 5.74) is 0.589. The monoisotopic (exact) mass is 331 g/mol. The Morgan fingerprint density at radius 3 is 2.57 bits per heavy atom. The molecule has 0 spiro atoms. The predicted molar refractivity (Wildman–Crippen MR) is 85.6 cm³/mol. The van der Waals surface area contributed by atoms with Gasteiger partial charge in [0.05, 0.1) is 10.5 Å². The molecule has 0 aliphatic heterocycles. The second kappa shape index (κ2) is 7.82. The van der Waals surface area contributed by atoms with Gasteiger partial charge in [0.2, 0.25) is 10.0 Å². The van der Waals surface area contributed by atoms with Crippen molar-refractivity contribution in [1.82, 2.24) is 4.72 Å². The fourth-order valence-corrected chi connectivity index (χ4v) is 4.24. The third kappa shape index (κ3) is 5.01. The van der Waals surface area contributed by atoms with E-state index in [1.54, 1.807) is 24.8 Å². The number of carboxylic acids is 1. The van der Waals surface area contributed by atoms with Crippen LogP contribution < -0.4 is 4.72 Å². The number of sulfonamides is 1. The van der Waals surface area contributed by atoms with Crippen LogP contribution in [0.15, 0.2) is 23.1 Å². The number of carboxylic acid groups (broad SMARTS) is 1. The molecule has 1 aromatic carbocycles. The SMILES string of the molecule is CCSCC(C)NS(=O)(=O)c1cc(C(=O)O)ccc1CC. The van der Waals surface area contributed by atoms with E-state index in [9.17, 15) is 13.2 Å². The van der Waals surface area contributed by atoms with Gasteiger partial charge >= 0.3 is 5.97 Å². The van der Waals surface area contributed by atoms with Gasteiger partial charge in [0, 0.05) is 11.8 Å². The maximum atomic E-state index is 12.4. The van der Waals surface area contributed by atoms with Crippen molar-refractivity contribution in [2.75, 3.05) is 11.5 Å². The van der Waals surface area contributed by atoms with Gasteiger partial charge < -0.3 is 5.11 Å². The Morgan fingerprint density at radius 2 is 2.05 bits per heavy atom. The molecule has 0 amide bonds. The van der Waals surface area contributed by atoms with Crippen molar-refractivity contribution in [2.24, 2.45) is 0 Å². The van der Waals surface area contributed by atoms with E-state index in [0.29, 0.717) is 17.7 Å². The minimum absolute atomic E-state index is 0.0249. The fourth-order valence-electron chi connectivity index (χ4n) is 1.89. The molecule has 7 heteroatoms. The molecular weight excluding hydrogens is 310 g/mol. The first kappa shape index (κ1) is 18.0. The van der Waals surface area contributed by atoms with Gasteiger partial charge in [-0.1, -0.05) is 19.9 Å². The predicted octanol–water partition coefficient (Wildman–Crippen LogP) is 2.37. The summed E-state index contributed by atoms with van der Waals surface area (Å²) in [5, 5.41) is 9.02. The maximum absolute atomic E-state index is 12.4. The fraction of sp³-hybridized carbons (Fsp3) is 0.500. The summed E-state index contributed by atoms with van der Waals surface area (Å²) in [6.07, 6.45) is 0.522. The molecule has 1 aromatic rings. The van der Waals surface area contributed by atoms with E-state index in [1.165, 1.54) is 12.1 Å². The average Bonchev–Trinajstić information content (AvgIpc) is 2.43. The van der Waals surface area contributed by atoms with Crippen molar-refractivity contribution in [1.29, 1.82) is 0 Å². The Morgan fingerprint density at radius 1 is 1.38 bits per heavy atom. The van der Waals surface area contributed by atoms with Crippen LogP contribution in [0, 0.1) is 0 Å². The summed E-state index contributed by atoms with van der Waals surface area (Å²) >= 11 is 1.65. The van der Waals surface area contributed by atoms with Crippen molar-refractivity contribution in [2.45, 2.75) is 38.1 Å². The molecule has 0 bridgehead atoms. The molecule has 0 saturated heterocycles. The highest BCUT2D eigenvalue weighted by Gasteiger charge is 2.22. The first-order valence-electron chi connectivity index (χ1n) is 6.78. The van der Waals surface area contributed by atoms with E-state index in [-0.39, 0.29) is 16.5 Å². The zero-order valence-corrected chi connectivity index (χ0v) is 14.1. The van der Waals surface area contributed by atoms with Gasteiger partial charge in [-0.2, -0.15) is 11.8 Å². The number of hydrogen-bond acceptors (Lipinski definition) is 4. The first-order valence-corrected chi connectivity index (χ1v) is 9.41. The standard InChI is InChI=1S/C14H21NO4S2/c1-4-11-6-7-12(14(16)17)8-13(11)21(18,19)15-10(3)9-20-5-2/h6-8,10,15H,4-5,9H2,1-3H3,(H,16,17). The van der Waals surface area contributed by atoms with Gasteiger partial charge in [0.15, 0.2) is 0 Å². The first-order chi connectivity index (χ1) is 9.81. The normalized spacial score (nSPS) is 13.1. The van der Waals surface area contributed by atoms with E-state index in [2.05, 4.69) is 4.72 Å². The molecule has 0 aromatic heterocycles. The molecule has 2 N–H and O–H groups in total. The highest BCUT2D eigenvalue weighted by atomic mass is 32.2. The number of thioether (sulfide) groups is 1. The van der Waals surface area contributed by atoms with Gasteiger partial charge in [-0.25, -0.2) is 17.9 Å². The molecule has 1 rings (SSSR count). The van der Waals surface area contributed by atoms with Crippen LogP contribution in [0.4, 0.5) is 0 Å². The number of hydrogen-bond donors (Lipinski definition) is 2. The van der Waals surface area contributed by atoms with E-state index in [1.807, 2.05) is 13.8 Å². The number of benzene rings is 1. The molecule has 0 fully saturated rings. The summed E-state index contributed by atoms with van der Waals surface area (Å²) in [7, 11) is -3.72. The molecule has 118 valence electrons. The average molecular weight is 331 g/mol. The third-order valence-corrected chi connectivity index (χ3v) is 5.73. The van der Waals surface area contributed by atoms with Crippen molar-refractivity contribution < 1.29 is 18.3 Å². The lowest BCUT2D eigenvalue weighted by Gasteiger charge is -2.16. The molecule has 1 atom stereocenters. The van der Waals surface area contributed by atoms with Crippen LogP contribution in [0.25, 0.3) is 0 Å². The summed E-state index contributed by atoms with van der Waals surface area (Å²) in [6, 6.07) is 4.00. The van der Waals surface area contributed by atoms with Gasteiger partial charge in [0.25, 0.3) is 0 Å². The Kier molecular flexibility index (Phi) is 6.70. The van der Waals surface area contributed by atoms with Gasteiger partial charge in [-0.05, 0) is 36.8 Å². The Hall–Kier alpha value is -1.05. The minimum Gasteiger partial charge on any atom is -0.478 e. The second-order valence-electron chi connectivity index (χ2n) is 4.66. The third-order valence-electron chi connectivity index (χ3n) is 2.91. The lowest BCUT2D eigenvalue weighted by atomic mass is 10.1. The quantitative estimate of drug-likeness (QED) is 0.764. The van der Waals surface area contributed by atoms with E-state index in [0.717, 1.165) is 5.75 Å². The van der Waals surface area contributed by atoms with Crippen molar-refractivity contribution in [3.63, 3.8) is 0 Å². The van der Waals surface area contributed by atoms with Crippen LogP contribution in [0.1, 0.15) is 36.7 Å². The Bertz CT molecular complexity index is 599. The van der Waals surface area contributed by atoms with Crippen LogP contribution in [-0.4, -0.2) is 37.0 Å². The number of aromatic carboxylic acids is 1. The van der Waals surface area contributed by atoms with Crippen LogP contribution in [-0.2, 0) is 16.4 Å². The molecule has 0 aliphatic carbocycles. The number of aryl methyl sites for hydroxylation is 1. The van der Waals surface area contributed by atoms with E-state index < -0.39 is 16.0 Å². The summed E-state index contributed by atoms with van der Waals surface area (Å²) < 4.78 is 27.5. The summed E-state index contributed by atoms with van der Waals surface area (Å²) in [6.45, 7) is 5.65. The zero-order chi connectivity index (χ0) is 16.0. The largest absolute Gasteiger partial charge is 0.478 e. The Labute approximate surface area is 130 Å². The lowest BCUT2D eigenvalue weighted by Crippen LogP contribution is -2.35. The summed E-state index contributed by atoms with van der Waals surface area (Å²) in [5.74, 6) is 0.458. The molecule has 1 unspecified atom stereocenters. The number of rotatable bonds is 8. The van der Waals surface area contributed by atoms with Gasteiger partial charge in [-0.15, -0.1) is 0 Å². The molecule has 0 saturated carbocycles. The highest BCUT2D eigenvalue weighted by molar-refractivity contribution is 7.99. The van der Waals surface area contributed by atoms with Crippen molar-refractivity contribution in [3.8, 4) is 0 Å². The molecule has 21 heavy (non-hydrogen) atoms. The molecule has 0 heterocycles. The number of carbonyl (C=O) groups is 1. The van der Waals surface area contributed by atoms with E-state index in [4.69, 9.17) is 5.11 Å². The topological polar surface area (TPSA) is 83.5 Å². The smallest absolute Gasteiger partial charge is 0.335 e. The van der Waals surface area contributed by atoms with Gasteiger partial charge in [-0.3, -0.25) is 0 Å². The molecule has 0 aliphatic rings. The molecule has 5 nitrogen and oxygen atoms in total. The highest BCUT2D eigenvalue weighted by Crippen LogP contribution is 2.19. The van der Waals surface area contributed by atoms with Crippen molar-refractivity contribution in [3.05, 3.63) is 29.3 Å². The van der Waals surface area contributed by atoms with Crippen molar-refractivity contribution >= 4 is 27.8 Å². The maximum Gasteiger partial charge on any atom is 0.335 e. The van der Waals surface area contributed by atoms with Crippen LogP contribution in [0.5, 0.6) is 0 Å². The molecule has 0 radical (unpaired) electrons. The number of nitrogens with one attached hydrogen (secondary N) is 1. The van der Waals surface area contributed by atoms with Crippen LogP contribution in [0.2, 0.25) is 0 Å². The zero-order valence-electron chi connectivity index (χ0n) is 12.4.